The van der Waals surface area contributed by atoms with E-state index in [1.54, 1.807) is 12.1 Å². The van der Waals surface area contributed by atoms with Crippen LogP contribution in [-0.4, -0.2) is 27.2 Å². The Kier molecular flexibility index (Phi) is 7.39. The zero-order valence-electron chi connectivity index (χ0n) is 12.1. The molecule has 9 heteroatoms. The standard InChI is InChI=1S/C13H15N5OS2.HI/c1-7(19)9-4-3-8(5-14)11(16-9)10-6-21-13(17-10)18-12(15)20-2;/h3-4,6H,5,14H2,1-2H3,(H2,15,17,18);1H. The van der Waals surface area contributed by atoms with Gasteiger partial charge in [-0.25, -0.2) is 9.97 Å². The van der Waals surface area contributed by atoms with Crippen LogP contribution in [0.4, 0.5) is 5.13 Å². The van der Waals surface area contributed by atoms with Crippen molar-refractivity contribution >= 4 is 63.2 Å². The lowest BCUT2D eigenvalue weighted by atomic mass is 10.1. The zero-order chi connectivity index (χ0) is 15.4. The average molecular weight is 449 g/mol. The Hall–Kier alpha value is -1.04. The number of carbonyl (C=O) groups excluding carboxylic acids is 1. The molecular formula is C13H16IN5OS2. The van der Waals surface area contributed by atoms with Gasteiger partial charge in [0, 0.05) is 18.8 Å². The highest BCUT2D eigenvalue weighted by atomic mass is 127. The number of aliphatic imine (C=N–C) groups is 1. The maximum absolute atomic E-state index is 11.5. The van der Waals surface area contributed by atoms with Gasteiger partial charge in [-0.3, -0.25) is 4.79 Å². The Morgan fingerprint density at radius 1 is 1.41 bits per heavy atom. The summed E-state index contributed by atoms with van der Waals surface area (Å²) in [7, 11) is 0. The first-order valence-electron chi connectivity index (χ1n) is 6.10. The van der Waals surface area contributed by atoms with Gasteiger partial charge >= 0.3 is 0 Å². The second-order valence-corrected chi connectivity index (χ2v) is 5.80. The Morgan fingerprint density at radius 2 is 2.14 bits per heavy atom. The van der Waals surface area contributed by atoms with Gasteiger partial charge in [0.2, 0.25) is 5.13 Å². The smallest absolute Gasteiger partial charge is 0.212 e. The maximum atomic E-state index is 11.5. The van der Waals surface area contributed by atoms with Crippen LogP contribution >= 0.6 is 47.1 Å². The molecule has 2 heterocycles. The molecule has 22 heavy (non-hydrogen) atoms. The number of halogens is 1. The van der Waals surface area contributed by atoms with E-state index in [0.29, 0.717) is 33.9 Å². The summed E-state index contributed by atoms with van der Waals surface area (Å²) < 4.78 is 0. The van der Waals surface area contributed by atoms with Crippen LogP contribution in [0, 0.1) is 0 Å². The normalized spacial score (nSPS) is 11.1. The Morgan fingerprint density at radius 3 is 2.73 bits per heavy atom. The molecule has 0 bridgehead atoms. The Labute approximate surface area is 153 Å². The van der Waals surface area contributed by atoms with Crippen LogP contribution in [0.3, 0.4) is 0 Å². The molecule has 0 radical (unpaired) electrons. The van der Waals surface area contributed by atoms with Gasteiger partial charge in [0.05, 0.1) is 5.69 Å². The largest absolute Gasteiger partial charge is 0.378 e. The number of thioether (sulfide) groups is 1. The van der Waals surface area contributed by atoms with Crippen molar-refractivity contribution in [1.29, 1.82) is 0 Å². The summed E-state index contributed by atoms with van der Waals surface area (Å²) in [4.78, 5) is 24.4. The van der Waals surface area contributed by atoms with Crippen molar-refractivity contribution in [3.05, 3.63) is 28.8 Å². The lowest BCUT2D eigenvalue weighted by Gasteiger charge is -2.05. The first kappa shape index (κ1) is 19.0. The number of pyridine rings is 1. The summed E-state index contributed by atoms with van der Waals surface area (Å²) in [6.07, 6.45) is 1.85. The molecule has 0 unspecified atom stereocenters. The number of nitrogens with two attached hydrogens (primary N) is 2. The zero-order valence-corrected chi connectivity index (χ0v) is 16.0. The predicted molar refractivity (Wildman–Crippen MR) is 103 cm³/mol. The van der Waals surface area contributed by atoms with Crippen LogP contribution in [0.25, 0.3) is 11.4 Å². The molecule has 118 valence electrons. The maximum Gasteiger partial charge on any atom is 0.212 e. The molecule has 2 aromatic rings. The number of carbonyl (C=O) groups is 1. The van der Waals surface area contributed by atoms with Crippen molar-refractivity contribution in [3.8, 4) is 11.4 Å². The monoisotopic (exact) mass is 449 g/mol. The molecule has 0 amide bonds. The Balaban J connectivity index is 0.00000242. The number of thiazole rings is 1. The van der Waals surface area contributed by atoms with Gasteiger partial charge in [0.1, 0.15) is 11.4 Å². The van der Waals surface area contributed by atoms with Crippen molar-refractivity contribution < 1.29 is 4.79 Å². The lowest BCUT2D eigenvalue weighted by Crippen LogP contribution is -2.05. The molecule has 6 nitrogen and oxygen atoms in total. The molecule has 0 aliphatic heterocycles. The average Bonchev–Trinajstić information content (AvgIpc) is 2.94. The molecule has 0 spiro atoms. The number of amidine groups is 1. The van der Waals surface area contributed by atoms with Crippen LogP contribution < -0.4 is 11.5 Å². The number of Topliss-reactive ketones (excluding diaryl/α,β-unsaturated/α-hetero) is 1. The fraction of sp³-hybridized carbons (Fsp3) is 0.231. The first-order valence-corrected chi connectivity index (χ1v) is 8.20. The van der Waals surface area contributed by atoms with E-state index >= 15 is 0 Å². The molecule has 2 aromatic heterocycles. The van der Waals surface area contributed by atoms with Crippen molar-refractivity contribution in [2.24, 2.45) is 16.5 Å². The van der Waals surface area contributed by atoms with E-state index in [-0.39, 0.29) is 29.8 Å². The molecule has 0 saturated heterocycles. The van der Waals surface area contributed by atoms with E-state index in [4.69, 9.17) is 11.5 Å². The van der Waals surface area contributed by atoms with Crippen LogP contribution in [0.5, 0.6) is 0 Å². The van der Waals surface area contributed by atoms with Crippen molar-refractivity contribution in [3.63, 3.8) is 0 Å². The number of ketones is 1. The molecule has 0 fully saturated rings. The highest BCUT2D eigenvalue weighted by molar-refractivity contribution is 14.0. The fourth-order valence-electron chi connectivity index (χ4n) is 1.63. The summed E-state index contributed by atoms with van der Waals surface area (Å²) in [6, 6.07) is 3.47. The molecule has 2 rings (SSSR count). The van der Waals surface area contributed by atoms with Gasteiger partial charge < -0.3 is 11.5 Å². The van der Waals surface area contributed by atoms with Crippen molar-refractivity contribution in [1.82, 2.24) is 9.97 Å². The van der Waals surface area contributed by atoms with E-state index in [1.165, 1.54) is 30.0 Å². The topological polar surface area (TPSA) is 107 Å². The molecule has 0 aliphatic carbocycles. The number of aromatic nitrogens is 2. The molecule has 0 aliphatic rings. The van der Waals surface area contributed by atoms with Gasteiger partial charge in [0.15, 0.2) is 11.0 Å². The van der Waals surface area contributed by atoms with Crippen LogP contribution in [0.1, 0.15) is 23.0 Å². The van der Waals surface area contributed by atoms with E-state index in [2.05, 4.69) is 15.0 Å². The molecular weight excluding hydrogens is 433 g/mol. The predicted octanol–water partition coefficient (Wildman–Crippen LogP) is 2.79. The van der Waals surface area contributed by atoms with Crippen LogP contribution in [-0.2, 0) is 6.54 Å². The van der Waals surface area contributed by atoms with Crippen molar-refractivity contribution in [2.45, 2.75) is 13.5 Å². The first-order chi connectivity index (χ1) is 10.0. The third-order valence-electron chi connectivity index (χ3n) is 2.71. The molecule has 0 saturated carbocycles. The minimum Gasteiger partial charge on any atom is -0.378 e. The number of rotatable bonds is 4. The molecule has 0 atom stereocenters. The van der Waals surface area contributed by atoms with Gasteiger partial charge in [-0.15, -0.1) is 35.3 Å². The highest BCUT2D eigenvalue weighted by Crippen LogP contribution is 2.28. The minimum absolute atomic E-state index is 0. The third kappa shape index (κ3) is 4.48. The summed E-state index contributed by atoms with van der Waals surface area (Å²) >= 11 is 2.72. The second-order valence-electron chi connectivity index (χ2n) is 4.13. The SMILES string of the molecule is CSC(N)=Nc1nc(-c2nc(C(C)=O)ccc2CN)cs1.I. The van der Waals surface area contributed by atoms with Gasteiger partial charge in [-0.05, 0) is 17.9 Å². The molecule has 4 N–H and O–H groups in total. The Bertz CT molecular complexity index is 701. The van der Waals surface area contributed by atoms with E-state index in [9.17, 15) is 4.79 Å². The summed E-state index contributed by atoms with van der Waals surface area (Å²) in [5.74, 6) is -0.0973. The quantitative estimate of drug-likeness (QED) is 0.322. The molecule has 0 aromatic carbocycles. The number of hydrogen-bond donors (Lipinski definition) is 2. The van der Waals surface area contributed by atoms with Gasteiger partial charge in [0.25, 0.3) is 0 Å². The van der Waals surface area contributed by atoms with E-state index in [0.717, 1.165) is 5.56 Å². The summed E-state index contributed by atoms with van der Waals surface area (Å²) in [6.45, 7) is 1.80. The van der Waals surface area contributed by atoms with E-state index in [1.807, 2.05) is 11.6 Å². The van der Waals surface area contributed by atoms with Crippen LogP contribution in [0.15, 0.2) is 22.5 Å². The third-order valence-corrected chi connectivity index (χ3v) is 3.95. The summed E-state index contributed by atoms with van der Waals surface area (Å²) in [5, 5.41) is 2.83. The van der Waals surface area contributed by atoms with Crippen LogP contribution in [0.2, 0.25) is 0 Å². The van der Waals surface area contributed by atoms with Crippen molar-refractivity contribution in [2.75, 3.05) is 6.26 Å². The highest BCUT2D eigenvalue weighted by Gasteiger charge is 2.13. The second kappa shape index (κ2) is 8.56. The summed E-state index contributed by atoms with van der Waals surface area (Å²) in [5.41, 5.74) is 13.9. The number of hydrogen-bond acceptors (Lipinski definition) is 7. The fourth-order valence-corrected chi connectivity index (χ4v) is 2.55. The number of nitrogens with zero attached hydrogens (tertiary/aromatic N) is 3. The minimum atomic E-state index is -0.0973. The lowest BCUT2D eigenvalue weighted by molar-refractivity contribution is 0.101. The van der Waals surface area contributed by atoms with Gasteiger partial charge in [-0.1, -0.05) is 17.8 Å². The van der Waals surface area contributed by atoms with Gasteiger partial charge in [-0.2, -0.15) is 4.99 Å². The van der Waals surface area contributed by atoms with E-state index < -0.39 is 0 Å².